The maximum atomic E-state index is 12.2. The highest BCUT2D eigenvalue weighted by molar-refractivity contribution is 6.06. The molecule has 1 amide bonds. The molecule has 1 N–H and O–H groups in total. The summed E-state index contributed by atoms with van der Waals surface area (Å²) in [5.41, 5.74) is 1.63. The molecule has 5 heteroatoms. The maximum Gasteiger partial charge on any atom is 0.340 e. The Balaban J connectivity index is 1.96. The Bertz CT molecular complexity index is 781. The zero-order valence-electron chi connectivity index (χ0n) is 15.7. The summed E-state index contributed by atoms with van der Waals surface area (Å²) in [5.74, 6) is 0.0273. The number of ether oxygens (including phenoxy) is 2. The summed E-state index contributed by atoms with van der Waals surface area (Å²) >= 11 is 0. The highest BCUT2D eigenvalue weighted by Crippen LogP contribution is 2.17. The number of carbonyl (C=O) groups excluding carboxylic acids is 2. The number of para-hydroxylation sites is 1. The molecule has 0 radical (unpaired) electrons. The molecule has 0 saturated carbocycles. The largest absolute Gasteiger partial charge is 0.494 e. The summed E-state index contributed by atoms with van der Waals surface area (Å²) in [6.07, 6.45) is 5.25. The van der Waals surface area contributed by atoms with Gasteiger partial charge in [0.1, 0.15) is 5.75 Å². The van der Waals surface area contributed by atoms with Crippen molar-refractivity contribution in [3.8, 4) is 5.75 Å². The molecule has 0 fully saturated rings. The first-order valence-electron chi connectivity index (χ1n) is 9.12. The van der Waals surface area contributed by atoms with Gasteiger partial charge in [0.25, 0.3) is 0 Å². The van der Waals surface area contributed by atoms with Gasteiger partial charge in [0.2, 0.25) is 5.91 Å². The van der Waals surface area contributed by atoms with Crippen LogP contribution in [0.2, 0.25) is 0 Å². The molecule has 2 aromatic rings. The van der Waals surface area contributed by atoms with E-state index in [1.807, 2.05) is 24.3 Å². The van der Waals surface area contributed by atoms with Crippen LogP contribution in [-0.2, 0) is 9.53 Å². The fourth-order valence-corrected chi connectivity index (χ4v) is 2.33. The number of benzene rings is 2. The number of anilines is 1. The van der Waals surface area contributed by atoms with E-state index in [2.05, 4.69) is 12.2 Å². The Labute approximate surface area is 160 Å². The minimum atomic E-state index is -0.462. The van der Waals surface area contributed by atoms with Gasteiger partial charge in [0.15, 0.2) is 0 Å². The lowest BCUT2D eigenvalue weighted by Crippen LogP contribution is -2.13. The first-order valence-corrected chi connectivity index (χ1v) is 9.12. The van der Waals surface area contributed by atoms with Crippen LogP contribution in [0.5, 0.6) is 5.75 Å². The fraction of sp³-hybridized carbons (Fsp3) is 0.273. The SMILES string of the molecule is CCCCOc1ccc(C=CC(=O)Nc2ccccc2C(=O)OCC)cc1. The lowest BCUT2D eigenvalue weighted by atomic mass is 10.1. The van der Waals surface area contributed by atoms with Gasteiger partial charge in [-0.05, 0) is 49.2 Å². The van der Waals surface area contributed by atoms with Crippen molar-refractivity contribution in [2.75, 3.05) is 18.5 Å². The number of hydrogen-bond acceptors (Lipinski definition) is 4. The Hall–Kier alpha value is -3.08. The standard InChI is InChI=1S/C22H25NO4/c1-3-5-16-27-18-13-10-17(11-14-18)12-15-21(24)23-20-9-7-6-8-19(20)22(25)26-4-2/h6-15H,3-5,16H2,1-2H3,(H,23,24). The van der Waals surface area contributed by atoms with Gasteiger partial charge >= 0.3 is 5.97 Å². The van der Waals surface area contributed by atoms with E-state index in [0.717, 1.165) is 24.2 Å². The monoisotopic (exact) mass is 367 g/mol. The van der Waals surface area contributed by atoms with Crippen LogP contribution >= 0.6 is 0 Å². The molecule has 0 atom stereocenters. The topological polar surface area (TPSA) is 64.6 Å². The van der Waals surface area contributed by atoms with Crippen molar-refractivity contribution in [1.29, 1.82) is 0 Å². The average molecular weight is 367 g/mol. The minimum Gasteiger partial charge on any atom is -0.494 e. The number of amides is 1. The van der Waals surface area contributed by atoms with E-state index in [9.17, 15) is 9.59 Å². The molecular weight excluding hydrogens is 342 g/mol. The van der Waals surface area contributed by atoms with Crippen LogP contribution in [0.15, 0.2) is 54.6 Å². The number of carbonyl (C=O) groups is 2. The number of rotatable bonds is 9. The summed E-state index contributed by atoms with van der Waals surface area (Å²) in [4.78, 5) is 24.1. The molecule has 0 heterocycles. The molecule has 0 saturated heterocycles. The third-order valence-electron chi connectivity index (χ3n) is 3.75. The van der Waals surface area contributed by atoms with E-state index in [0.29, 0.717) is 17.9 Å². The zero-order valence-corrected chi connectivity index (χ0v) is 15.7. The maximum absolute atomic E-state index is 12.2. The number of esters is 1. The second kappa shape index (κ2) is 10.8. The van der Waals surface area contributed by atoms with Crippen LogP contribution in [0, 0.1) is 0 Å². The van der Waals surface area contributed by atoms with E-state index in [4.69, 9.17) is 9.47 Å². The van der Waals surface area contributed by atoms with E-state index in [1.54, 1.807) is 37.3 Å². The van der Waals surface area contributed by atoms with Crippen molar-refractivity contribution < 1.29 is 19.1 Å². The van der Waals surface area contributed by atoms with Crippen LogP contribution in [0.1, 0.15) is 42.6 Å². The Morgan fingerprint density at radius 3 is 2.48 bits per heavy atom. The number of unbranched alkanes of at least 4 members (excludes halogenated alkanes) is 1. The van der Waals surface area contributed by atoms with Crippen molar-refractivity contribution in [3.05, 3.63) is 65.7 Å². The van der Waals surface area contributed by atoms with Crippen LogP contribution < -0.4 is 10.1 Å². The molecule has 0 aromatic heterocycles. The second-order valence-corrected chi connectivity index (χ2v) is 5.86. The van der Waals surface area contributed by atoms with E-state index >= 15 is 0 Å². The molecule has 0 bridgehead atoms. The summed E-state index contributed by atoms with van der Waals surface area (Å²) in [5, 5.41) is 2.71. The van der Waals surface area contributed by atoms with Crippen molar-refractivity contribution in [3.63, 3.8) is 0 Å². The van der Waals surface area contributed by atoms with Gasteiger partial charge in [-0.3, -0.25) is 4.79 Å². The Kier molecular flexibility index (Phi) is 8.10. The van der Waals surface area contributed by atoms with Gasteiger partial charge in [-0.2, -0.15) is 0 Å². The quantitative estimate of drug-likeness (QED) is 0.397. The normalized spacial score (nSPS) is 10.6. The molecule has 2 rings (SSSR count). The molecule has 142 valence electrons. The summed E-state index contributed by atoms with van der Waals surface area (Å²) in [6, 6.07) is 14.3. The van der Waals surface area contributed by atoms with E-state index in [1.165, 1.54) is 6.08 Å². The molecule has 0 unspecified atom stereocenters. The van der Waals surface area contributed by atoms with Crippen LogP contribution in [-0.4, -0.2) is 25.1 Å². The van der Waals surface area contributed by atoms with Crippen molar-refractivity contribution in [2.45, 2.75) is 26.7 Å². The van der Waals surface area contributed by atoms with Gasteiger partial charge in [-0.25, -0.2) is 4.79 Å². The third-order valence-corrected chi connectivity index (χ3v) is 3.75. The predicted octanol–water partition coefficient (Wildman–Crippen LogP) is 4.69. The lowest BCUT2D eigenvalue weighted by Gasteiger charge is -2.08. The smallest absolute Gasteiger partial charge is 0.340 e. The van der Waals surface area contributed by atoms with E-state index < -0.39 is 5.97 Å². The van der Waals surface area contributed by atoms with Gasteiger partial charge in [0, 0.05) is 6.08 Å². The van der Waals surface area contributed by atoms with Crippen LogP contribution in [0.4, 0.5) is 5.69 Å². The van der Waals surface area contributed by atoms with Crippen LogP contribution in [0.25, 0.3) is 6.08 Å². The Morgan fingerprint density at radius 1 is 1.04 bits per heavy atom. The molecule has 2 aromatic carbocycles. The van der Waals surface area contributed by atoms with Crippen LogP contribution in [0.3, 0.4) is 0 Å². The molecule has 0 aliphatic rings. The Morgan fingerprint density at radius 2 is 1.78 bits per heavy atom. The molecular formula is C22H25NO4. The number of nitrogens with one attached hydrogen (secondary N) is 1. The van der Waals surface area contributed by atoms with Crippen molar-refractivity contribution in [1.82, 2.24) is 0 Å². The molecule has 27 heavy (non-hydrogen) atoms. The molecule has 0 spiro atoms. The first-order chi connectivity index (χ1) is 13.1. The lowest BCUT2D eigenvalue weighted by molar-refractivity contribution is -0.111. The van der Waals surface area contributed by atoms with Gasteiger partial charge in [-0.15, -0.1) is 0 Å². The molecule has 0 aliphatic carbocycles. The van der Waals surface area contributed by atoms with Gasteiger partial charge in [-0.1, -0.05) is 37.6 Å². The van der Waals surface area contributed by atoms with Crippen molar-refractivity contribution in [2.24, 2.45) is 0 Å². The summed E-state index contributed by atoms with van der Waals surface area (Å²) < 4.78 is 10.6. The minimum absolute atomic E-state index is 0.277. The summed E-state index contributed by atoms with van der Waals surface area (Å²) in [6.45, 7) is 4.84. The predicted molar refractivity (Wildman–Crippen MR) is 107 cm³/mol. The second-order valence-electron chi connectivity index (χ2n) is 5.86. The summed E-state index contributed by atoms with van der Waals surface area (Å²) in [7, 11) is 0. The highest BCUT2D eigenvalue weighted by Gasteiger charge is 2.12. The van der Waals surface area contributed by atoms with Gasteiger partial charge < -0.3 is 14.8 Å². The number of hydrogen-bond donors (Lipinski definition) is 1. The molecule has 5 nitrogen and oxygen atoms in total. The fourth-order valence-electron chi connectivity index (χ4n) is 2.33. The molecule has 0 aliphatic heterocycles. The third kappa shape index (κ3) is 6.62. The van der Waals surface area contributed by atoms with Gasteiger partial charge in [0.05, 0.1) is 24.5 Å². The first kappa shape index (κ1) is 20.2. The van der Waals surface area contributed by atoms with E-state index in [-0.39, 0.29) is 12.5 Å². The average Bonchev–Trinajstić information content (AvgIpc) is 2.68. The van der Waals surface area contributed by atoms with Crippen molar-refractivity contribution >= 4 is 23.6 Å². The zero-order chi connectivity index (χ0) is 19.5. The highest BCUT2D eigenvalue weighted by atomic mass is 16.5.